The van der Waals surface area contributed by atoms with Crippen LogP contribution in [-0.4, -0.2) is 19.2 Å². The Balaban J connectivity index is 1.89. The van der Waals surface area contributed by atoms with Crippen molar-refractivity contribution in [3.63, 3.8) is 0 Å². The molecule has 1 fully saturated rings. The summed E-state index contributed by atoms with van der Waals surface area (Å²) in [6.45, 7) is 9.79. The fraction of sp³-hybridized carbons (Fsp3) is 0.458. The summed E-state index contributed by atoms with van der Waals surface area (Å²) in [6.07, 6.45) is 4.64. The molecule has 140 valence electrons. The van der Waals surface area contributed by atoms with Gasteiger partial charge in [-0.1, -0.05) is 39.8 Å². The summed E-state index contributed by atoms with van der Waals surface area (Å²) in [6, 6.07) is 8.58. The van der Waals surface area contributed by atoms with Crippen molar-refractivity contribution in [3.05, 3.63) is 41.6 Å². The summed E-state index contributed by atoms with van der Waals surface area (Å²) >= 11 is 0. The molecule has 1 aromatic heterocycles. The lowest BCUT2D eigenvalue weighted by Gasteiger charge is -2.39. The molecule has 5 rings (SSSR count). The maximum absolute atomic E-state index is 5.55. The van der Waals surface area contributed by atoms with E-state index in [9.17, 15) is 0 Å². The van der Waals surface area contributed by atoms with E-state index >= 15 is 0 Å². The Hall–Kier alpha value is -2.29. The normalized spacial score (nSPS) is 27.9. The molecule has 2 unspecified atom stereocenters. The van der Waals surface area contributed by atoms with Gasteiger partial charge in [0.15, 0.2) is 11.5 Å². The number of benzene rings is 2. The van der Waals surface area contributed by atoms with Crippen molar-refractivity contribution in [2.45, 2.75) is 51.4 Å². The molecular weight excluding hydrogens is 334 g/mol. The maximum atomic E-state index is 5.55. The summed E-state index contributed by atoms with van der Waals surface area (Å²) in [7, 11) is 3.36. The molecule has 1 saturated carbocycles. The summed E-state index contributed by atoms with van der Waals surface area (Å²) in [4.78, 5) is 4.98. The quantitative estimate of drug-likeness (QED) is 0.544. The molecule has 2 bridgehead atoms. The summed E-state index contributed by atoms with van der Waals surface area (Å²) in [5.41, 5.74) is 4.65. The lowest BCUT2D eigenvalue weighted by molar-refractivity contribution is 0.172. The molecule has 2 aromatic carbocycles. The smallest absolute Gasteiger partial charge is 0.161 e. The van der Waals surface area contributed by atoms with Gasteiger partial charge in [-0.15, -0.1) is 0 Å². The predicted octanol–water partition coefficient (Wildman–Crippen LogP) is 5.75. The van der Waals surface area contributed by atoms with Gasteiger partial charge in [-0.2, -0.15) is 0 Å². The van der Waals surface area contributed by atoms with Gasteiger partial charge in [-0.3, -0.25) is 4.98 Å². The van der Waals surface area contributed by atoms with Gasteiger partial charge >= 0.3 is 0 Å². The summed E-state index contributed by atoms with van der Waals surface area (Å²) in [5, 5.41) is 3.56. The van der Waals surface area contributed by atoms with Crippen LogP contribution in [0.2, 0.25) is 0 Å². The molecule has 27 heavy (non-hydrogen) atoms. The van der Waals surface area contributed by atoms with E-state index in [-0.39, 0.29) is 16.2 Å². The van der Waals surface area contributed by atoms with E-state index < -0.39 is 0 Å². The first kappa shape index (κ1) is 16.9. The van der Waals surface area contributed by atoms with Gasteiger partial charge in [0.05, 0.1) is 19.7 Å². The number of methoxy groups -OCH3 is 2. The van der Waals surface area contributed by atoms with Crippen molar-refractivity contribution in [1.29, 1.82) is 0 Å². The number of rotatable bonds is 2. The molecule has 1 heterocycles. The maximum Gasteiger partial charge on any atom is 0.161 e. The average molecular weight is 361 g/mol. The van der Waals surface area contributed by atoms with Gasteiger partial charge in [0.25, 0.3) is 0 Å². The van der Waals surface area contributed by atoms with Crippen LogP contribution in [0.15, 0.2) is 30.5 Å². The SMILES string of the molecule is COc1cc2ccc3c4c(cnc3c2cc1OC)C1(C)CCC4(C)C1(C)C. The Morgan fingerprint density at radius 2 is 1.52 bits per heavy atom. The van der Waals surface area contributed by atoms with Crippen molar-refractivity contribution >= 4 is 21.7 Å². The molecule has 0 saturated heterocycles. The van der Waals surface area contributed by atoms with Gasteiger partial charge in [0.1, 0.15) is 0 Å². The molecule has 0 N–H and O–H groups in total. The van der Waals surface area contributed by atoms with Crippen molar-refractivity contribution < 1.29 is 9.47 Å². The number of aromatic nitrogens is 1. The molecule has 0 aliphatic heterocycles. The van der Waals surface area contributed by atoms with Gasteiger partial charge < -0.3 is 9.47 Å². The lowest BCUT2D eigenvalue weighted by Crippen LogP contribution is -2.37. The van der Waals surface area contributed by atoms with Crippen LogP contribution in [-0.2, 0) is 10.8 Å². The highest BCUT2D eigenvalue weighted by Crippen LogP contribution is 2.71. The Labute approximate surface area is 160 Å². The number of hydrogen-bond acceptors (Lipinski definition) is 3. The minimum absolute atomic E-state index is 0.183. The predicted molar refractivity (Wildman–Crippen MR) is 110 cm³/mol. The van der Waals surface area contributed by atoms with Gasteiger partial charge in [0.2, 0.25) is 0 Å². The molecule has 2 aliphatic carbocycles. The zero-order valence-electron chi connectivity index (χ0n) is 17.1. The third-order valence-electron chi connectivity index (χ3n) is 8.39. The van der Waals surface area contributed by atoms with Crippen molar-refractivity contribution in [2.24, 2.45) is 5.41 Å². The zero-order valence-corrected chi connectivity index (χ0v) is 17.1. The number of hydrogen-bond donors (Lipinski definition) is 0. The second kappa shape index (κ2) is 4.95. The van der Waals surface area contributed by atoms with E-state index in [2.05, 4.69) is 52.1 Å². The van der Waals surface area contributed by atoms with Gasteiger partial charge in [-0.05, 0) is 52.3 Å². The Kier molecular flexibility index (Phi) is 3.09. The second-order valence-corrected chi connectivity index (χ2v) is 9.23. The fourth-order valence-corrected chi connectivity index (χ4v) is 5.97. The van der Waals surface area contributed by atoms with Crippen molar-refractivity contribution in [2.75, 3.05) is 14.2 Å². The Bertz CT molecular complexity index is 1120. The Morgan fingerprint density at radius 3 is 2.22 bits per heavy atom. The topological polar surface area (TPSA) is 31.4 Å². The van der Waals surface area contributed by atoms with Crippen LogP contribution < -0.4 is 9.47 Å². The third-order valence-corrected chi connectivity index (χ3v) is 8.39. The van der Waals surface area contributed by atoms with Crippen LogP contribution in [0.1, 0.15) is 51.7 Å². The van der Waals surface area contributed by atoms with Crippen molar-refractivity contribution in [1.82, 2.24) is 4.98 Å². The number of fused-ring (bicyclic) bond motifs is 9. The van der Waals surface area contributed by atoms with E-state index in [0.29, 0.717) is 0 Å². The highest BCUT2D eigenvalue weighted by Gasteiger charge is 2.66. The zero-order chi connectivity index (χ0) is 19.2. The van der Waals surface area contributed by atoms with Crippen LogP contribution in [0.3, 0.4) is 0 Å². The minimum Gasteiger partial charge on any atom is -0.493 e. The van der Waals surface area contributed by atoms with E-state index in [1.807, 2.05) is 6.07 Å². The lowest BCUT2D eigenvalue weighted by atomic mass is 9.64. The molecular formula is C24H27NO2. The molecule has 2 atom stereocenters. The van der Waals surface area contributed by atoms with E-state index in [0.717, 1.165) is 27.8 Å². The van der Waals surface area contributed by atoms with Crippen LogP contribution in [0.25, 0.3) is 21.7 Å². The van der Waals surface area contributed by atoms with Crippen LogP contribution in [0, 0.1) is 5.41 Å². The number of nitrogens with zero attached hydrogens (tertiary/aromatic N) is 1. The Morgan fingerprint density at radius 1 is 0.852 bits per heavy atom. The van der Waals surface area contributed by atoms with E-state index in [1.54, 1.807) is 14.2 Å². The number of ether oxygens (including phenoxy) is 2. The van der Waals surface area contributed by atoms with Crippen LogP contribution >= 0.6 is 0 Å². The van der Waals surface area contributed by atoms with Crippen LogP contribution in [0.4, 0.5) is 0 Å². The average Bonchev–Trinajstić information content (AvgIpc) is 2.94. The van der Waals surface area contributed by atoms with E-state index in [1.165, 1.54) is 29.4 Å². The largest absolute Gasteiger partial charge is 0.493 e. The summed E-state index contributed by atoms with van der Waals surface area (Å²) < 4.78 is 11.0. The summed E-state index contributed by atoms with van der Waals surface area (Å²) in [5.74, 6) is 1.50. The first-order chi connectivity index (χ1) is 12.8. The molecule has 3 aromatic rings. The third kappa shape index (κ3) is 1.72. The molecule has 0 radical (unpaired) electrons. The standard InChI is InChI=1S/C24H27NO2/c1-22(2)23(3)9-10-24(22,4)20-15-8-7-14-11-18(26-5)19(27-6)12-16(14)21(15)25-13-17(20)23/h7-8,11-13H,9-10H2,1-6H3. The molecule has 2 aliphatic rings. The highest BCUT2D eigenvalue weighted by molar-refractivity contribution is 6.08. The van der Waals surface area contributed by atoms with Gasteiger partial charge in [0, 0.05) is 22.4 Å². The molecule has 3 heteroatoms. The first-order valence-electron chi connectivity index (χ1n) is 9.77. The minimum atomic E-state index is 0.183. The van der Waals surface area contributed by atoms with Gasteiger partial charge in [-0.25, -0.2) is 0 Å². The van der Waals surface area contributed by atoms with Crippen molar-refractivity contribution in [3.8, 4) is 11.5 Å². The molecule has 0 spiro atoms. The van der Waals surface area contributed by atoms with Crippen LogP contribution in [0.5, 0.6) is 11.5 Å². The monoisotopic (exact) mass is 361 g/mol. The highest BCUT2D eigenvalue weighted by atomic mass is 16.5. The molecule has 0 amide bonds. The first-order valence-corrected chi connectivity index (χ1v) is 9.77. The molecule has 3 nitrogen and oxygen atoms in total. The number of pyridine rings is 1. The van der Waals surface area contributed by atoms with E-state index in [4.69, 9.17) is 14.5 Å². The second-order valence-electron chi connectivity index (χ2n) is 9.23. The fourth-order valence-electron chi connectivity index (χ4n) is 5.97.